The lowest BCUT2D eigenvalue weighted by atomic mass is 9.80. The first-order valence-corrected chi connectivity index (χ1v) is 11.9. The van der Waals surface area contributed by atoms with E-state index in [-0.39, 0.29) is 31.2 Å². The first-order valence-electron chi connectivity index (χ1n) is 11.9. The number of fused-ring (bicyclic) bond motifs is 2. The van der Waals surface area contributed by atoms with E-state index in [1.807, 2.05) is 13.8 Å². The van der Waals surface area contributed by atoms with Gasteiger partial charge in [0.25, 0.3) is 0 Å². The molecule has 37 heavy (non-hydrogen) atoms. The highest BCUT2D eigenvalue weighted by atomic mass is 19.4. The number of hydrogen-bond donors (Lipinski definition) is 2. The van der Waals surface area contributed by atoms with Crippen molar-refractivity contribution in [2.45, 2.75) is 69.8 Å². The molecule has 1 spiro atoms. The number of likely N-dealkylation sites (tertiary alicyclic amines) is 1. The predicted octanol–water partition coefficient (Wildman–Crippen LogP) is 2.33. The molecule has 0 aromatic heterocycles. The molecule has 2 heterocycles. The number of nitrogens with zero attached hydrogens (tertiary/aromatic N) is 3. The topological polar surface area (TPSA) is 123 Å². The van der Waals surface area contributed by atoms with E-state index in [2.05, 4.69) is 11.4 Å². The third-order valence-electron chi connectivity index (χ3n) is 6.94. The van der Waals surface area contributed by atoms with E-state index in [4.69, 9.17) is 0 Å². The Morgan fingerprint density at radius 2 is 1.92 bits per heavy atom. The van der Waals surface area contributed by atoms with Crippen molar-refractivity contribution >= 4 is 29.3 Å². The molecule has 0 aliphatic carbocycles. The van der Waals surface area contributed by atoms with Gasteiger partial charge in [0.05, 0.1) is 11.5 Å². The van der Waals surface area contributed by atoms with Crippen LogP contribution in [0.2, 0.25) is 0 Å². The van der Waals surface area contributed by atoms with Crippen molar-refractivity contribution in [2.75, 3.05) is 18.9 Å². The number of rotatable bonds is 7. The molecule has 0 bridgehead atoms. The molecule has 9 nitrogen and oxygen atoms in total. The van der Waals surface area contributed by atoms with Crippen molar-refractivity contribution < 1.29 is 32.3 Å². The fourth-order valence-corrected chi connectivity index (χ4v) is 4.86. The highest BCUT2D eigenvalue weighted by Crippen LogP contribution is 2.46. The van der Waals surface area contributed by atoms with Gasteiger partial charge < -0.3 is 20.4 Å². The third kappa shape index (κ3) is 5.55. The molecular weight excluding hydrogens is 491 g/mol. The highest BCUT2D eigenvalue weighted by molar-refractivity contribution is 6.07. The average molecular weight is 522 g/mol. The molecule has 1 saturated heterocycles. The fourth-order valence-electron chi connectivity index (χ4n) is 4.86. The molecule has 12 heteroatoms. The van der Waals surface area contributed by atoms with Gasteiger partial charge in [-0.25, -0.2) is 0 Å². The van der Waals surface area contributed by atoms with Crippen LogP contribution in [0.15, 0.2) is 24.3 Å². The molecule has 3 rings (SSSR count). The van der Waals surface area contributed by atoms with Gasteiger partial charge >= 0.3 is 6.18 Å². The van der Waals surface area contributed by atoms with Gasteiger partial charge in [-0.2, -0.15) is 18.4 Å². The third-order valence-corrected chi connectivity index (χ3v) is 6.94. The molecule has 1 aromatic rings. The van der Waals surface area contributed by atoms with Gasteiger partial charge in [0, 0.05) is 25.7 Å². The van der Waals surface area contributed by atoms with Crippen molar-refractivity contribution in [2.24, 2.45) is 5.92 Å². The molecule has 2 N–H and O–H groups in total. The number of para-hydroxylation sites is 1. The molecule has 2 aliphatic heterocycles. The second kappa shape index (κ2) is 10.4. The first-order chi connectivity index (χ1) is 17.2. The molecule has 4 amide bonds. The molecule has 0 radical (unpaired) electrons. The minimum atomic E-state index is -4.66. The van der Waals surface area contributed by atoms with Crippen LogP contribution < -0.4 is 10.6 Å². The molecule has 0 unspecified atom stereocenters. The molecule has 0 saturated carbocycles. The highest BCUT2D eigenvalue weighted by Gasteiger charge is 2.56. The SMILES string of the molecule is CC(C)C[C@@H](C(=O)N1C[C@]2(C[C@H]1C#N)C(=O)Nc1ccccc12)N(C)C(=O)CC(=O)N[C@H](C)C(F)(F)F. The maximum atomic E-state index is 13.7. The maximum Gasteiger partial charge on any atom is 0.408 e. The van der Waals surface area contributed by atoms with Crippen LogP contribution in [0, 0.1) is 17.2 Å². The Morgan fingerprint density at radius 3 is 2.51 bits per heavy atom. The zero-order valence-electron chi connectivity index (χ0n) is 21.1. The molecule has 4 atom stereocenters. The fraction of sp³-hybridized carbons (Fsp3) is 0.560. The quantitative estimate of drug-likeness (QED) is 0.534. The second-order valence-electron chi connectivity index (χ2n) is 10.1. The summed E-state index contributed by atoms with van der Waals surface area (Å²) in [7, 11) is 1.30. The Morgan fingerprint density at radius 1 is 1.27 bits per heavy atom. The van der Waals surface area contributed by atoms with E-state index < -0.39 is 53.9 Å². The van der Waals surface area contributed by atoms with Crippen LogP contribution in [0.3, 0.4) is 0 Å². The Balaban J connectivity index is 1.82. The summed E-state index contributed by atoms with van der Waals surface area (Å²) in [6, 6.07) is 5.00. The Kier molecular flexibility index (Phi) is 7.86. The zero-order valence-corrected chi connectivity index (χ0v) is 21.1. The van der Waals surface area contributed by atoms with E-state index in [1.54, 1.807) is 29.6 Å². The molecular formula is C25H30F3N5O4. The summed E-state index contributed by atoms with van der Waals surface area (Å²) in [5.74, 6) is -2.90. The Bertz CT molecular complexity index is 1130. The number of nitrogens with one attached hydrogen (secondary N) is 2. The van der Waals surface area contributed by atoms with Gasteiger partial charge in [-0.15, -0.1) is 0 Å². The van der Waals surface area contributed by atoms with Gasteiger partial charge in [-0.1, -0.05) is 32.0 Å². The van der Waals surface area contributed by atoms with E-state index in [9.17, 15) is 37.6 Å². The minimum Gasteiger partial charge on any atom is -0.344 e. The number of likely N-dealkylation sites (N-methyl/N-ethyl adjacent to an activating group) is 1. The van der Waals surface area contributed by atoms with Crippen molar-refractivity contribution in [1.82, 2.24) is 15.1 Å². The Labute approximate surface area is 213 Å². The minimum absolute atomic E-state index is 0.0624. The normalized spacial score (nSPS) is 22.3. The summed E-state index contributed by atoms with van der Waals surface area (Å²) in [6.45, 7) is 4.35. The van der Waals surface area contributed by atoms with Gasteiger partial charge in [-0.05, 0) is 30.9 Å². The molecule has 2 aliphatic rings. The van der Waals surface area contributed by atoms with Crippen LogP contribution in [0.5, 0.6) is 0 Å². The van der Waals surface area contributed by atoms with Crippen molar-refractivity contribution in [3.8, 4) is 6.07 Å². The van der Waals surface area contributed by atoms with Crippen molar-refractivity contribution in [1.29, 1.82) is 5.26 Å². The number of halogens is 3. The number of amides is 4. The van der Waals surface area contributed by atoms with E-state index in [0.717, 1.165) is 11.8 Å². The van der Waals surface area contributed by atoms with Crippen LogP contribution in [-0.4, -0.2) is 71.3 Å². The summed E-state index contributed by atoms with van der Waals surface area (Å²) in [4.78, 5) is 54.0. The van der Waals surface area contributed by atoms with Gasteiger partial charge in [0.2, 0.25) is 23.6 Å². The summed E-state index contributed by atoms with van der Waals surface area (Å²) in [5, 5.41) is 14.4. The van der Waals surface area contributed by atoms with Crippen molar-refractivity contribution in [3.05, 3.63) is 29.8 Å². The van der Waals surface area contributed by atoms with Crippen molar-refractivity contribution in [3.63, 3.8) is 0 Å². The lowest BCUT2D eigenvalue weighted by Crippen LogP contribution is -2.52. The van der Waals surface area contributed by atoms with Crippen LogP contribution in [0.25, 0.3) is 0 Å². The van der Waals surface area contributed by atoms with Crippen LogP contribution in [0.4, 0.5) is 18.9 Å². The monoisotopic (exact) mass is 521 g/mol. The Hall–Kier alpha value is -3.62. The number of carbonyl (C=O) groups excluding carboxylic acids is 4. The summed E-state index contributed by atoms with van der Waals surface area (Å²) in [5.41, 5.74) is 0.199. The number of anilines is 1. The first kappa shape index (κ1) is 28.0. The van der Waals surface area contributed by atoms with E-state index >= 15 is 0 Å². The number of nitriles is 1. The van der Waals surface area contributed by atoms with E-state index in [1.165, 1.54) is 11.9 Å². The summed E-state index contributed by atoms with van der Waals surface area (Å²) in [6.07, 6.45) is -5.27. The summed E-state index contributed by atoms with van der Waals surface area (Å²) < 4.78 is 38.3. The number of benzene rings is 1. The molecule has 1 fully saturated rings. The number of carbonyl (C=O) groups is 4. The lowest BCUT2D eigenvalue weighted by Gasteiger charge is -2.33. The van der Waals surface area contributed by atoms with Gasteiger partial charge in [0.15, 0.2) is 0 Å². The van der Waals surface area contributed by atoms with Crippen LogP contribution in [-0.2, 0) is 24.6 Å². The lowest BCUT2D eigenvalue weighted by molar-refractivity contribution is -0.159. The predicted molar refractivity (Wildman–Crippen MR) is 127 cm³/mol. The largest absolute Gasteiger partial charge is 0.408 e. The van der Waals surface area contributed by atoms with Gasteiger partial charge in [0.1, 0.15) is 24.5 Å². The second-order valence-corrected chi connectivity index (χ2v) is 10.1. The molecule has 200 valence electrons. The number of alkyl halides is 3. The standard InChI is InChI=1S/C25H30F3N5O4/c1-14(2)9-19(32(4)21(35)10-20(34)30-15(3)25(26,27)28)22(36)33-13-24(11-16(33)12-29)17-7-5-6-8-18(17)31-23(24)37/h5-8,14-16,19H,9-11,13H2,1-4H3,(H,30,34)(H,31,37)/t15-,16+,19+,24+/m1/s1. The van der Waals surface area contributed by atoms with Gasteiger partial charge in [-0.3, -0.25) is 19.2 Å². The zero-order chi connectivity index (χ0) is 27.7. The van der Waals surface area contributed by atoms with Crippen LogP contribution in [0.1, 0.15) is 45.6 Å². The van der Waals surface area contributed by atoms with Crippen LogP contribution >= 0.6 is 0 Å². The number of hydrogen-bond acceptors (Lipinski definition) is 5. The maximum absolute atomic E-state index is 13.7. The van der Waals surface area contributed by atoms with E-state index in [0.29, 0.717) is 11.3 Å². The average Bonchev–Trinajstić information content (AvgIpc) is 3.34. The molecule has 1 aromatic carbocycles. The smallest absolute Gasteiger partial charge is 0.344 e. The summed E-state index contributed by atoms with van der Waals surface area (Å²) >= 11 is 0.